The lowest BCUT2D eigenvalue weighted by atomic mass is 9.78. The molecule has 5 rings (SSSR count). The number of hydrogen-bond donors (Lipinski definition) is 2. The molecular formula is C26H22ClFN2O. The Labute approximate surface area is 185 Å². The first kappa shape index (κ1) is 19.8. The number of rotatable bonds is 2. The number of hydrogen-bond acceptors (Lipinski definition) is 3. The summed E-state index contributed by atoms with van der Waals surface area (Å²) in [4.78, 5) is 13.5. The molecule has 31 heavy (non-hydrogen) atoms. The van der Waals surface area contributed by atoms with Crippen molar-refractivity contribution in [1.29, 1.82) is 0 Å². The Balaban J connectivity index is 1.64. The van der Waals surface area contributed by atoms with Gasteiger partial charge in [0.05, 0.1) is 17.4 Å². The molecule has 3 aromatic rings. The van der Waals surface area contributed by atoms with Crippen LogP contribution in [0.5, 0.6) is 0 Å². The quantitative estimate of drug-likeness (QED) is 0.469. The Bertz CT molecular complexity index is 1180. The minimum atomic E-state index is -0.661. The van der Waals surface area contributed by atoms with Crippen molar-refractivity contribution < 1.29 is 9.18 Å². The first-order valence-electron chi connectivity index (χ1n) is 10.4. The van der Waals surface area contributed by atoms with Crippen molar-refractivity contribution in [2.75, 3.05) is 10.6 Å². The topological polar surface area (TPSA) is 41.1 Å². The Kier molecular flexibility index (Phi) is 5.03. The molecule has 3 nitrogen and oxygen atoms in total. The van der Waals surface area contributed by atoms with Gasteiger partial charge in [0.25, 0.3) is 0 Å². The predicted octanol–water partition coefficient (Wildman–Crippen LogP) is 6.77. The average molecular weight is 433 g/mol. The van der Waals surface area contributed by atoms with E-state index in [1.54, 1.807) is 12.1 Å². The predicted molar refractivity (Wildman–Crippen MR) is 123 cm³/mol. The van der Waals surface area contributed by atoms with Crippen LogP contribution < -0.4 is 10.6 Å². The van der Waals surface area contributed by atoms with Crippen molar-refractivity contribution in [2.45, 2.75) is 31.7 Å². The number of anilines is 2. The second kappa shape index (κ2) is 7.86. The van der Waals surface area contributed by atoms with Gasteiger partial charge in [-0.25, -0.2) is 4.39 Å². The highest BCUT2D eigenvalue weighted by Crippen LogP contribution is 2.45. The number of benzene rings is 3. The zero-order valence-corrected chi connectivity index (χ0v) is 17.8. The molecule has 0 amide bonds. The van der Waals surface area contributed by atoms with Crippen LogP contribution in [0.25, 0.3) is 0 Å². The van der Waals surface area contributed by atoms with Gasteiger partial charge >= 0.3 is 0 Å². The Morgan fingerprint density at radius 1 is 0.935 bits per heavy atom. The third kappa shape index (κ3) is 3.61. The molecule has 0 radical (unpaired) electrons. The van der Waals surface area contributed by atoms with Gasteiger partial charge < -0.3 is 10.6 Å². The molecule has 0 unspecified atom stereocenters. The van der Waals surface area contributed by atoms with E-state index in [4.69, 9.17) is 11.6 Å². The highest BCUT2D eigenvalue weighted by Gasteiger charge is 2.37. The molecule has 0 saturated heterocycles. The van der Waals surface area contributed by atoms with Crippen LogP contribution in [0.15, 0.2) is 78.0 Å². The van der Waals surface area contributed by atoms with Gasteiger partial charge in [-0.1, -0.05) is 59.6 Å². The molecule has 0 aromatic heterocycles. The van der Waals surface area contributed by atoms with E-state index in [0.717, 1.165) is 22.6 Å². The lowest BCUT2D eigenvalue weighted by Crippen LogP contribution is -2.27. The van der Waals surface area contributed by atoms with Gasteiger partial charge in [0.15, 0.2) is 5.78 Å². The maximum atomic E-state index is 14.9. The largest absolute Gasteiger partial charge is 0.372 e. The first-order chi connectivity index (χ1) is 15.0. The van der Waals surface area contributed by atoms with Crippen molar-refractivity contribution in [1.82, 2.24) is 0 Å². The molecule has 2 atom stereocenters. The second-order valence-electron chi connectivity index (χ2n) is 8.21. The molecule has 0 saturated carbocycles. The van der Waals surface area contributed by atoms with Crippen molar-refractivity contribution in [3.63, 3.8) is 0 Å². The third-order valence-corrected chi connectivity index (χ3v) is 6.48. The van der Waals surface area contributed by atoms with Gasteiger partial charge in [-0.15, -0.1) is 0 Å². The van der Waals surface area contributed by atoms with Crippen LogP contribution in [0.1, 0.15) is 41.5 Å². The summed E-state index contributed by atoms with van der Waals surface area (Å²) < 4.78 is 14.9. The summed E-state index contributed by atoms with van der Waals surface area (Å²) in [5.41, 5.74) is 5.68. The number of allylic oxidation sites excluding steroid dienone is 1. The molecule has 0 spiro atoms. The van der Waals surface area contributed by atoms with Crippen LogP contribution in [-0.2, 0) is 4.79 Å². The van der Waals surface area contributed by atoms with E-state index < -0.39 is 11.9 Å². The fraction of sp³-hybridized carbons (Fsp3) is 0.192. The van der Waals surface area contributed by atoms with Crippen molar-refractivity contribution in [2.24, 2.45) is 0 Å². The number of aryl methyl sites for hydroxylation is 1. The van der Waals surface area contributed by atoms with Crippen LogP contribution in [0.2, 0.25) is 5.02 Å². The molecule has 1 aliphatic carbocycles. The lowest BCUT2D eigenvalue weighted by molar-refractivity contribution is -0.116. The van der Waals surface area contributed by atoms with Gasteiger partial charge in [-0.2, -0.15) is 0 Å². The number of ketones is 1. The Morgan fingerprint density at radius 2 is 1.68 bits per heavy atom. The van der Waals surface area contributed by atoms with Crippen molar-refractivity contribution in [3.05, 3.63) is 106 Å². The SMILES string of the molecule is Cc1ccc([C@@H]2CC(=O)C3=C(C2)Nc2ccccc2N[C@H]3c2c(F)cccc2Cl)cc1. The number of Topliss-reactive ketones (excluding diaryl/α,β-unsaturated/α-hetero) is 1. The van der Waals surface area contributed by atoms with Crippen LogP contribution in [0, 0.1) is 12.7 Å². The first-order valence-corrected chi connectivity index (χ1v) is 10.8. The van der Waals surface area contributed by atoms with E-state index in [-0.39, 0.29) is 11.7 Å². The van der Waals surface area contributed by atoms with Gasteiger partial charge in [-0.05, 0) is 49.1 Å². The summed E-state index contributed by atoms with van der Waals surface area (Å²) in [5, 5.41) is 7.16. The zero-order chi connectivity index (χ0) is 21.5. The number of halogens is 2. The highest BCUT2D eigenvalue weighted by molar-refractivity contribution is 6.31. The zero-order valence-electron chi connectivity index (χ0n) is 17.1. The highest BCUT2D eigenvalue weighted by atomic mass is 35.5. The van der Waals surface area contributed by atoms with E-state index in [9.17, 15) is 9.18 Å². The number of carbonyl (C=O) groups excluding carboxylic acids is 1. The van der Waals surface area contributed by atoms with Crippen molar-refractivity contribution in [3.8, 4) is 0 Å². The summed E-state index contributed by atoms with van der Waals surface area (Å²) >= 11 is 6.43. The molecule has 156 valence electrons. The van der Waals surface area contributed by atoms with Gasteiger partial charge in [0.1, 0.15) is 5.82 Å². The van der Waals surface area contributed by atoms with Crippen LogP contribution in [-0.4, -0.2) is 5.78 Å². The van der Waals surface area contributed by atoms with E-state index in [1.165, 1.54) is 11.6 Å². The molecule has 2 aliphatic rings. The molecule has 0 fully saturated rings. The minimum Gasteiger partial charge on any atom is -0.372 e. The Morgan fingerprint density at radius 3 is 2.42 bits per heavy atom. The second-order valence-corrected chi connectivity index (χ2v) is 8.62. The molecular weight excluding hydrogens is 411 g/mol. The molecule has 0 bridgehead atoms. The number of carbonyl (C=O) groups is 1. The maximum absolute atomic E-state index is 14.9. The van der Waals surface area contributed by atoms with Gasteiger partial charge in [-0.3, -0.25) is 4.79 Å². The third-order valence-electron chi connectivity index (χ3n) is 6.15. The fourth-order valence-electron chi connectivity index (χ4n) is 4.57. The summed E-state index contributed by atoms with van der Waals surface area (Å²) in [6.45, 7) is 2.05. The number of nitrogens with one attached hydrogen (secondary N) is 2. The Hall–Kier alpha value is -3.11. The molecule has 3 aromatic carbocycles. The summed E-state index contributed by atoms with van der Waals surface area (Å²) in [6.07, 6.45) is 1.05. The lowest BCUT2D eigenvalue weighted by Gasteiger charge is -2.30. The molecule has 2 N–H and O–H groups in total. The minimum absolute atomic E-state index is 0.00366. The molecule has 1 aliphatic heterocycles. The van der Waals surface area contributed by atoms with Gasteiger partial charge in [0.2, 0.25) is 0 Å². The monoisotopic (exact) mass is 432 g/mol. The van der Waals surface area contributed by atoms with Crippen LogP contribution in [0.3, 0.4) is 0 Å². The maximum Gasteiger partial charge on any atom is 0.163 e. The summed E-state index contributed by atoms with van der Waals surface area (Å²) in [7, 11) is 0. The summed E-state index contributed by atoms with van der Waals surface area (Å²) in [6, 6.07) is 20.0. The van der Waals surface area contributed by atoms with Crippen LogP contribution in [0.4, 0.5) is 15.8 Å². The number of para-hydroxylation sites is 2. The average Bonchev–Trinajstić information content (AvgIpc) is 2.91. The normalized spacial score (nSPS) is 20.3. The standard InChI is InChI=1S/C26H22ClFN2O/c1-15-9-11-16(12-10-15)17-13-22-25(23(31)14-17)26(24-18(27)5-4-6-19(24)28)30-21-8-3-2-7-20(21)29-22/h2-12,17,26,29-30H,13-14H2,1H3/t17-,26-/m0/s1. The molecule has 1 heterocycles. The van der Waals surface area contributed by atoms with E-state index in [0.29, 0.717) is 29.0 Å². The van der Waals surface area contributed by atoms with Gasteiger partial charge in [0, 0.05) is 28.3 Å². The van der Waals surface area contributed by atoms with Crippen molar-refractivity contribution >= 4 is 28.8 Å². The van der Waals surface area contributed by atoms with E-state index in [2.05, 4.69) is 41.8 Å². The fourth-order valence-corrected chi connectivity index (χ4v) is 4.84. The summed E-state index contributed by atoms with van der Waals surface area (Å²) in [5.74, 6) is -0.352. The van der Waals surface area contributed by atoms with Crippen LogP contribution >= 0.6 is 11.6 Å². The van der Waals surface area contributed by atoms with E-state index >= 15 is 0 Å². The number of fused-ring (bicyclic) bond motifs is 1. The van der Waals surface area contributed by atoms with E-state index in [1.807, 2.05) is 24.3 Å². The molecule has 5 heteroatoms. The smallest absolute Gasteiger partial charge is 0.163 e.